The minimum Gasteiger partial charge on any atom is -0.547 e. The van der Waals surface area contributed by atoms with Crippen molar-refractivity contribution in [2.45, 2.75) is 43.3 Å². The highest BCUT2D eigenvalue weighted by Crippen LogP contribution is 2.30. The molecule has 1 aliphatic rings. The second-order valence-electron chi connectivity index (χ2n) is 5.88. The number of aliphatic hydroxyl groups excluding tert-OH is 4. The quantitative estimate of drug-likeness (QED) is 0.295. The predicted molar refractivity (Wildman–Crippen MR) is 88.4 cm³/mol. The van der Waals surface area contributed by atoms with Crippen LogP contribution in [0.4, 0.5) is 0 Å². The van der Waals surface area contributed by atoms with E-state index in [4.69, 9.17) is 26.8 Å². The van der Waals surface area contributed by atoms with Gasteiger partial charge in [-0.25, -0.2) is 0 Å². The van der Waals surface area contributed by atoms with Crippen LogP contribution in [0.1, 0.15) is 23.6 Å². The number of hydrogen-bond donors (Lipinski definition) is 5. The van der Waals surface area contributed by atoms with Crippen LogP contribution in [-0.4, -0.2) is 63.3 Å². The lowest BCUT2D eigenvalue weighted by molar-refractivity contribution is -0.327. The van der Waals surface area contributed by atoms with E-state index in [0.29, 0.717) is 12.6 Å². The van der Waals surface area contributed by atoms with Gasteiger partial charge in [-0.3, -0.25) is 5.32 Å². The maximum atomic E-state index is 9.96. The number of fused-ring (bicyclic) bond motifs is 1. The van der Waals surface area contributed by atoms with Gasteiger partial charge in [0, 0.05) is 6.04 Å². The van der Waals surface area contributed by atoms with Crippen LogP contribution in [0.15, 0.2) is 24.3 Å². The van der Waals surface area contributed by atoms with E-state index in [-0.39, 0.29) is 0 Å². The van der Waals surface area contributed by atoms with Gasteiger partial charge in [0.2, 0.25) is 0 Å². The highest BCUT2D eigenvalue weighted by molar-refractivity contribution is 5.72. The first-order valence-corrected chi connectivity index (χ1v) is 8.09. The zero-order valence-corrected chi connectivity index (χ0v) is 14.3. The molecule has 0 heterocycles. The average Bonchev–Trinajstić information content (AvgIpc) is 3.07. The number of aliphatic carboxylic acids is 2. The van der Waals surface area contributed by atoms with Crippen molar-refractivity contribution in [3.8, 4) is 12.3 Å². The van der Waals surface area contributed by atoms with Crippen LogP contribution >= 0.6 is 0 Å². The lowest BCUT2D eigenvalue weighted by Gasteiger charge is -2.27. The molecular formula is C18H21NO8-2. The lowest BCUT2D eigenvalue weighted by atomic mass is 10.0. The molecule has 0 aliphatic heterocycles. The van der Waals surface area contributed by atoms with E-state index in [0.717, 1.165) is 0 Å². The number of hydrogen-bond acceptors (Lipinski definition) is 9. The van der Waals surface area contributed by atoms with Crippen LogP contribution in [0.5, 0.6) is 0 Å². The summed E-state index contributed by atoms with van der Waals surface area (Å²) in [6.07, 6.45) is -2.19. The van der Waals surface area contributed by atoms with E-state index >= 15 is 0 Å². The number of terminal acetylenes is 1. The molecule has 27 heavy (non-hydrogen) atoms. The first kappa shape index (κ1) is 22.6. The van der Waals surface area contributed by atoms with Crippen molar-refractivity contribution in [1.29, 1.82) is 0 Å². The van der Waals surface area contributed by atoms with E-state index in [1.165, 1.54) is 24.0 Å². The molecule has 1 aliphatic carbocycles. The third-order valence-electron chi connectivity index (χ3n) is 4.06. The van der Waals surface area contributed by atoms with Gasteiger partial charge in [0.05, 0.1) is 18.5 Å². The molecule has 0 spiro atoms. The molecule has 9 heteroatoms. The summed E-state index contributed by atoms with van der Waals surface area (Å²) in [4.78, 5) is 19.9. The van der Waals surface area contributed by atoms with Crippen molar-refractivity contribution in [2.75, 3.05) is 6.54 Å². The van der Waals surface area contributed by atoms with Gasteiger partial charge in [-0.15, -0.1) is 6.42 Å². The molecule has 5 N–H and O–H groups in total. The SMILES string of the molecule is C#CCN[C@@H]1CCc2ccccc21.O=C([O-])[C@@H](O)[C@H](O)[C@H](O)[C@@H](O)C(=O)[O-]. The van der Waals surface area contributed by atoms with E-state index in [9.17, 15) is 19.8 Å². The van der Waals surface area contributed by atoms with Crippen molar-refractivity contribution < 1.29 is 40.2 Å². The summed E-state index contributed by atoms with van der Waals surface area (Å²) in [6, 6.07) is 9.06. The Morgan fingerprint density at radius 1 is 1.11 bits per heavy atom. The summed E-state index contributed by atoms with van der Waals surface area (Å²) in [5.74, 6) is -1.60. The zero-order chi connectivity index (χ0) is 20.6. The Morgan fingerprint density at radius 2 is 1.63 bits per heavy atom. The van der Waals surface area contributed by atoms with E-state index < -0.39 is 36.4 Å². The summed E-state index contributed by atoms with van der Waals surface area (Å²) in [5, 5.41) is 58.1. The molecule has 0 saturated heterocycles. The highest BCUT2D eigenvalue weighted by Gasteiger charge is 2.31. The molecule has 0 bridgehead atoms. The van der Waals surface area contributed by atoms with Gasteiger partial charge in [0.1, 0.15) is 24.4 Å². The standard InChI is InChI=1S/C12H13N.C6H10O8/c1-2-9-13-12-8-7-10-5-3-4-6-11(10)12;7-1(3(9)5(11)12)2(8)4(10)6(13)14/h1,3-6,12-13H,7-9H2;1-4,7-10H,(H,11,12)(H,13,14)/p-2/t12-;1-,2+,3+,4-/m1./s1. The maximum absolute atomic E-state index is 9.96. The zero-order valence-electron chi connectivity index (χ0n) is 14.3. The van der Waals surface area contributed by atoms with E-state index in [2.05, 4.69) is 35.5 Å². The van der Waals surface area contributed by atoms with Crippen LogP contribution in [0.2, 0.25) is 0 Å². The molecule has 148 valence electrons. The van der Waals surface area contributed by atoms with Gasteiger partial charge < -0.3 is 40.2 Å². The molecule has 0 amide bonds. The Kier molecular flexibility index (Phi) is 8.87. The summed E-state index contributed by atoms with van der Waals surface area (Å²) in [7, 11) is 0. The molecule has 1 aromatic rings. The van der Waals surface area contributed by atoms with Crippen molar-refractivity contribution in [3.63, 3.8) is 0 Å². The molecular weight excluding hydrogens is 358 g/mol. The summed E-state index contributed by atoms with van der Waals surface area (Å²) >= 11 is 0. The number of rotatable bonds is 7. The van der Waals surface area contributed by atoms with Crippen LogP contribution < -0.4 is 15.5 Å². The topological polar surface area (TPSA) is 173 Å². The van der Waals surface area contributed by atoms with Gasteiger partial charge in [0.25, 0.3) is 0 Å². The maximum Gasteiger partial charge on any atom is 0.122 e. The lowest BCUT2D eigenvalue weighted by Crippen LogP contribution is -2.55. The number of carbonyl (C=O) groups is 2. The Labute approximate surface area is 155 Å². The molecule has 2 rings (SSSR count). The van der Waals surface area contributed by atoms with Crippen molar-refractivity contribution >= 4 is 11.9 Å². The Bertz CT molecular complexity index is 662. The fourth-order valence-corrected chi connectivity index (χ4v) is 2.60. The normalized spacial score (nSPS) is 19.4. The van der Waals surface area contributed by atoms with Crippen molar-refractivity contribution in [2.24, 2.45) is 0 Å². The number of carboxylic acids is 2. The molecule has 5 atom stereocenters. The van der Waals surface area contributed by atoms with Gasteiger partial charge in [-0.2, -0.15) is 0 Å². The van der Waals surface area contributed by atoms with E-state index in [1.807, 2.05) is 0 Å². The third kappa shape index (κ3) is 6.32. The minimum absolute atomic E-state index is 0.479. The largest absolute Gasteiger partial charge is 0.547 e. The minimum atomic E-state index is -2.50. The van der Waals surface area contributed by atoms with Gasteiger partial charge in [-0.1, -0.05) is 30.2 Å². The molecule has 1 aromatic carbocycles. The summed E-state index contributed by atoms with van der Waals surface area (Å²) < 4.78 is 0. The van der Waals surface area contributed by atoms with Gasteiger partial charge in [0.15, 0.2) is 0 Å². The summed E-state index contributed by atoms with van der Waals surface area (Å²) in [6.45, 7) is 0.666. The number of carbonyl (C=O) groups excluding carboxylic acids is 2. The fourth-order valence-electron chi connectivity index (χ4n) is 2.60. The predicted octanol–water partition coefficient (Wildman–Crippen LogP) is -4.17. The van der Waals surface area contributed by atoms with Crippen LogP contribution in [-0.2, 0) is 16.0 Å². The fraction of sp³-hybridized carbons (Fsp3) is 0.444. The van der Waals surface area contributed by atoms with Crippen LogP contribution in [0.25, 0.3) is 0 Å². The Hall–Kier alpha value is -2.48. The Balaban J connectivity index is 0.000000270. The van der Waals surface area contributed by atoms with E-state index in [1.54, 1.807) is 0 Å². The molecule has 0 fully saturated rings. The molecule has 0 aromatic heterocycles. The molecule has 0 unspecified atom stereocenters. The van der Waals surface area contributed by atoms with Crippen LogP contribution in [0.3, 0.4) is 0 Å². The highest BCUT2D eigenvalue weighted by atomic mass is 16.4. The van der Waals surface area contributed by atoms with Crippen molar-refractivity contribution in [3.05, 3.63) is 35.4 Å². The van der Waals surface area contributed by atoms with Gasteiger partial charge in [-0.05, 0) is 24.0 Å². The number of benzene rings is 1. The monoisotopic (exact) mass is 379 g/mol. The smallest absolute Gasteiger partial charge is 0.122 e. The number of carboxylic acid groups (broad SMARTS) is 2. The van der Waals surface area contributed by atoms with Crippen LogP contribution in [0, 0.1) is 12.3 Å². The number of nitrogens with one attached hydrogen (secondary N) is 1. The number of aryl methyl sites for hydroxylation is 1. The number of aliphatic hydroxyl groups is 4. The Morgan fingerprint density at radius 3 is 2.11 bits per heavy atom. The molecule has 0 radical (unpaired) electrons. The summed E-state index contributed by atoms with van der Waals surface area (Å²) in [5.41, 5.74) is 2.90. The first-order valence-electron chi connectivity index (χ1n) is 8.09. The van der Waals surface area contributed by atoms with Gasteiger partial charge >= 0.3 is 0 Å². The second kappa shape index (κ2) is 10.6. The average molecular weight is 379 g/mol. The molecule has 9 nitrogen and oxygen atoms in total. The third-order valence-corrected chi connectivity index (χ3v) is 4.06. The molecule has 0 saturated carbocycles. The first-order chi connectivity index (χ1) is 12.7. The van der Waals surface area contributed by atoms with Crippen molar-refractivity contribution in [1.82, 2.24) is 5.32 Å². The second-order valence-corrected chi connectivity index (χ2v) is 5.88.